The molecular formula is C24H46O4. The van der Waals surface area contributed by atoms with E-state index in [1.807, 2.05) is 0 Å². The summed E-state index contributed by atoms with van der Waals surface area (Å²) in [7, 11) is 0. The molecule has 0 rings (SSSR count). The molecule has 0 radical (unpaired) electrons. The van der Waals surface area contributed by atoms with Crippen LogP contribution in [0.15, 0.2) is 0 Å². The topological polar surface area (TPSA) is 52.6 Å². The second-order valence-electron chi connectivity index (χ2n) is 7.97. The van der Waals surface area contributed by atoms with Gasteiger partial charge in [0.1, 0.15) is 12.7 Å². The molecule has 0 spiro atoms. The molecule has 0 amide bonds. The number of carbonyl (C=O) groups is 2. The van der Waals surface area contributed by atoms with Crippen molar-refractivity contribution in [1.82, 2.24) is 0 Å². The Kier molecular flexibility index (Phi) is 19.9. The Morgan fingerprint density at radius 1 is 0.607 bits per heavy atom. The number of rotatable bonds is 20. The van der Waals surface area contributed by atoms with Crippen LogP contribution in [0.25, 0.3) is 0 Å². The van der Waals surface area contributed by atoms with E-state index < -0.39 is 0 Å². The first-order valence-electron chi connectivity index (χ1n) is 12.0. The average molecular weight is 399 g/mol. The molecule has 1 unspecified atom stereocenters. The van der Waals surface area contributed by atoms with Crippen molar-refractivity contribution in [3.8, 4) is 0 Å². The number of unbranched alkanes of at least 4 members (excludes halogenated alkanes) is 11. The molecule has 1 atom stereocenters. The summed E-state index contributed by atoms with van der Waals surface area (Å²) in [6.07, 6.45) is 17.3. The van der Waals surface area contributed by atoms with Gasteiger partial charge in [-0.1, -0.05) is 91.4 Å². The lowest BCUT2D eigenvalue weighted by atomic mass is 10.1. The van der Waals surface area contributed by atoms with Crippen molar-refractivity contribution in [2.75, 3.05) is 6.61 Å². The van der Waals surface area contributed by atoms with Crippen molar-refractivity contribution in [2.24, 2.45) is 0 Å². The maximum atomic E-state index is 12.1. The van der Waals surface area contributed by atoms with E-state index in [9.17, 15) is 9.59 Å². The number of hydrogen-bond donors (Lipinski definition) is 0. The predicted octanol–water partition coefficient (Wildman–Crippen LogP) is 7.13. The van der Waals surface area contributed by atoms with Gasteiger partial charge in [0.25, 0.3) is 0 Å². The average Bonchev–Trinajstić information content (AvgIpc) is 2.69. The number of hydrogen-bond acceptors (Lipinski definition) is 4. The zero-order valence-corrected chi connectivity index (χ0v) is 18.9. The lowest BCUT2D eigenvalue weighted by Crippen LogP contribution is -2.25. The smallest absolute Gasteiger partial charge is 0.306 e. The summed E-state index contributed by atoms with van der Waals surface area (Å²) in [6.45, 7) is 6.72. The Hall–Kier alpha value is -1.06. The van der Waals surface area contributed by atoms with Crippen molar-refractivity contribution in [3.63, 3.8) is 0 Å². The monoisotopic (exact) mass is 398 g/mol. The van der Waals surface area contributed by atoms with E-state index in [1.165, 1.54) is 51.4 Å². The van der Waals surface area contributed by atoms with Crippen LogP contribution in [0.3, 0.4) is 0 Å². The van der Waals surface area contributed by atoms with Gasteiger partial charge >= 0.3 is 11.9 Å². The summed E-state index contributed by atoms with van der Waals surface area (Å²) in [5, 5.41) is 0. The fourth-order valence-electron chi connectivity index (χ4n) is 3.21. The molecule has 28 heavy (non-hydrogen) atoms. The first kappa shape index (κ1) is 26.9. The predicted molar refractivity (Wildman–Crippen MR) is 116 cm³/mol. The largest absolute Gasteiger partial charge is 0.462 e. The third-order valence-corrected chi connectivity index (χ3v) is 5.08. The Balaban J connectivity index is 3.95. The Morgan fingerprint density at radius 3 is 1.61 bits per heavy atom. The zero-order valence-electron chi connectivity index (χ0n) is 18.9. The maximum Gasteiger partial charge on any atom is 0.306 e. The SMILES string of the molecule is CCCCCCCCC(=O)OCC(CCCC)OC(=O)CCCCCCCC. The minimum atomic E-state index is -0.291. The minimum Gasteiger partial charge on any atom is -0.462 e. The van der Waals surface area contributed by atoms with Crippen LogP contribution in [-0.4, -0.2) is 24.6 Å². The van der Waals surface area contributed by atoms with Crippen LogP contribution < -0.4 is 0 Å². The van der Waals surface area contributed by atoms with Crippen molar-refractivity contribution >= 4 is 11.9 Å². The Labute approximate surface area is 174 Å². The van der Waals surface area contributed by atoms with E-state index in [1.54, 1.807) is 0 Å². The molecule has 0 bridgehead atoms. The molecule has 0 fully saturated rings. The van der Waals surface area contributed by atoms with Crippen molar-refractivity contribution in [3.05, 3.63) is 0 Å². The van der Waals surface area contributed by atoms with Crippen LogP contribution in [-0.2, 0) is 19.1 Å². The maximum absolute atomic E-state index is 12.1. The highest BCUT2D eigenvalue weighted by molar-refractivity contribution is 5.70. The third kappa shape index (κ3) is 18.3. The third-order valence-electron chi connectivity index (χ3n) is 5.08. The fraction of sp³-hybridized carbons (Fsp3) is 0.917. The molecule has 0 aromatic heterocycles. The quantitative estimate of drug-likeness (QED) is 0.162. The lowest BCUT2D eigenvalue weighted by Gasteiger charge is -2.18. The van der Waals surface area contributed by atoms with Crippen LogP contribution in [0.4, 0.5) is 0 Å². The molecule has 166 valence electrons. The molecule has 0 heterocycles. The van der Waals surface area contributed by atoms with E-state index in [2.05, 4.69) is 20.8 Å². The molecule has 4 heteroatoms. The van der Waals surface area contributed by atoms with E-state index in [0.29, 0.717) is 12.8 Å². The summed E-state index contributed by atoms with van der Waals surface area (Å²) < 4.78 is 11.0. The zero-order chi connectivity index (χ0) is 20.9. The van der Waals surface area contributed by atoms with Gasteiger partial charge in [0, 0.05) is 12.8 Å². The van der Waals surface area contributed by atoms with Gasteiger partial charge < -0.3 is 9.47 Å². The molecule has 4 nitrogen and oxygen atoms in total. The van der Waals surface area contributed by atoms with E-state index >= 15 is 0 Å². The summed E-state index contributed by atoms with van der Waals surface area (Å²) in [4.78, 5) is 24.0. The van der Waals surface area contributed by atoms with Gasteiger partial charge in [0.05, 0.1) is 0 Å². The van der Waals surface area contributed by atoms with Crippen molar-refractivity contribution in [2.45, 2.75) is 136 Å². The van der Waals surface area contributed by atoms with Crippen molar-refractivity contribution < 1.29 is 19.1 Å². The fourth-order valence-corrected chi connectivity index (χ4v) is 3.21. The Morgan fingerprint density at radius 2 is 1.07 bits per heavy atom. The van der Waals surface area contributed by atoms with Gasteiger partial charge in [-0.15, -0.1) is 0 Å². The molecular weight excluding hydrogens is 352 g/mol. The van der Waals surface area contributed by atoms with Crippen LogP contribution in [0, 0.1) is 0 Å². The van der Waals surface area contributed by atoms with Gasteiger partial charge in [-0.05, 0) is 25.7 Å². The second-order valence-corrected chi connectivity index (χ2v) is 7.97. The highest BCUT2D eigenvalue weighted by Gasteiger charge is 2.16. The van der Waals surface area contributed by atoms with Gasteiger partial charge in [-0.2, -0.15) is 0 Å². The summed E-state index contributed by atoms with van der Waals surface area (Å²) in [6, 6.07) is 0. The summed E-state index contributed by atoms with van der Waals surface area (Å²) in [5.74, 6) is -0.312. The molecule has 0 aliphatic rings. The molecule has 0 saturated heterocycles. The standard InChI is InChI=1S/C24H46O4/c1-4-7-10-12-14-16-19-23(25)27-21-22(18-9-6-3)28-24(26)20-17-15-13-11-8-5-2/h22H,4-21H2,1-3H3. The van der Waals surface area contributed by atoms with Crippen LogP contribution in [0.1, 0.15) is 130 Å². The van der Waals surface area contributed by atoms with Crippen LogP contribution in [0.2, 0.25) is 0 Å². The van der Waals surface area contributed by atoms with E-state index in [4.69, 9.17) is 9.47 Å². The molecule has 0 aliphatic heterocycles. The first-order valence-corrected chi connectivity index (χ1v) is 12.0. The van der Waals surface area contributed by atoms with E-state index in [-0.39, 0.29) is 24.6 Å². The second kappa shape index (κ2) is 20.7. The van der Waals surface area contributed by atoms with Crippen LogP contribution >= 0.6 is 0 Å². The van der Waals surface area contributed by atoms with Gasteiger partial charge in [0.2, 0.25) is 0 Å². The van der Waals surface area contributed by atoms with Crippen LogP contribution in [0.5, 0.6) is 0 Å². The van der Waals surface area contributed by atoms with Gasteiger partial charge in [0.15, 0.2) is 0 Å². The van der Waals surface area contributed by atoms with Crippen molar-refractivity contribution in [1.29, 1.82) is 0 Å². The summed E-state index contributed by atoms with van der Waals surface area (Å²) >= 11 is 0. The Bertz CT molecular complexity index is 368. The minimum absolute atomic E-state index is 0.149. The van der Waals surface area contributed by atoms with Gasteiger partial charge in [-0.25, -0.2) is 0 Å². The molecule has 0 aromatic carbocycles. The first-order chi connectivity index (χ1) is 13.6. The van der Waals surface area contributed by atoms with Gasteiger partial charge in [-0.3, -0.25) is 9.59 Å². The number of ether oxygens (including phenoxy) is 2. The highest BCUT2D eigenvalue weighted by atomic mass is 16.6. The lowest BCUT2D eigenvalue weighted by molar-refractivity contribution is -0.159. The normalized spacial score (nSPS) is 12.0. The number of esters is 2. The molecule has 0 aromatic rings. The molecule has 0 N–H and O–H groups in total. The van der Waals surface area contributed by atoms with E-state index in [0.717, 1.165) is 44.9 Å². The number of carbonyl (C=O) groups excluding carboxylic acids is 2. The highest BCUT2D eigenvalue weighted by Crippen LogP contribution is 2.12. The molecule has 0 aliphatic carbocycles. The summed E-state index contributed by atoms with van der Waals surface area (Å²) in [5.41, 5.74) is 0. The molecule has 0 saturated carbocycles.